The predicted molar refractivity (Wildman–Crippen MR) is 107 cm³/mol. The molecule has 5 nitrogen and oxygen atoms in total. The molecule has 0 saturated carbocycles. The molecule has 29 heavy (non-hydrogen) atoms. The molecular weight excluding hydrogens is 475 g/mol. The molecule has 0 aliphatic heterocycles. The van der Waals surface area contributed by atoms with Crippen molar-refractivity contribution < 1.29 is 22.8 Å². The minimum atomic E-state index is -4.67. The summed E-state index contributed by atoms with van der Waals surface area (Å²) in [5, 5.41) is 18.4. The molecule has 2 heterocycles. The lowest BCUT2D eigenvalue weighted by molar-refractivity contribution is -0.144. The molecule has 0 fully saturated rings. The first-order chi connectivity index (χ1) is 13.5. The zero-order valence-corrected chi connectivity index (χ0v) is 17.9. The molecule has 10 heteroatoms. The van der Waals surface area contributed by atoms with Crippen LogP contribution < -0.4 is 0 Å². The summed E-state index contributed by atoms with van der Waals surface area (Å²) in [6, 6.07) is 6.88. The Hall–Kier alpha value is -1.84. The van der Waals surface area contributed by atoms with Crippen molar-refractivity contribution >= 4 is 27.5 Å². The molecule has 0 amide bonds. The smallest absolute Gasteiger partial charge is 0.390 e. The second kappa shape index (κ2) is 8.12. The Kier molecular flexibility index (Phi) is 6.12. The van der Waals surface area contributed by atoms with E-state index in [1.54, 1.807) is 24.3 Å². The Morgan fingerprint density at radius 1 is 1.21 bits per heavy atom. The third-order valence-electron chi connectivity index (χ3n) is 4.34. The molecule has 156 valence electrons. The van der Waals surface area contributed by atoms with Crippen molar-refractivity contribution in [3.63, 3.8) is 0 Å². The van der Waals surface area contributed by atoms with E-state index in [0.717, 1.165) is 10.9 Å². The first kappa shape index (κ1) is 21.9. The van der Waals surface area contributed by atoms with E-state index < -0.39 is 17.5 Å². The van der Waals surface area contributed by atoms with Gasteiger partial charge in [-0.3, -0.25) is 4.68 Å². The number of aromatic nitrogens is 3. The van der Waals surface area contributed by atoms with Gasteiger partial charge in [0.1, 0.15) is 5.69 Å². The number of aliphatic hydroxyl groups is 1. The summed E-state index contributed by atoms with van der Waals surface area (Å²) >= 11 is 9.53. The van der Waals surface area contributed by atoms with Crippen molar-refractivity contribution in [2.75, 3.05) is 0 Å². The highest BCUT2D eigenvalue weighted by atomic mass is 79.9. The molecule has 1 N–H and O–H groups in total. The first-order valence-corrected chi connectivity index (χ1v) is 10.2. The molecule has 0 bridgehead atoms. The van der Waals surface area contributed by atoms with Crippen LogP contribution in [0.2, 0.25) is 5.02 Å². The number of hydrogen-bond acceptors (Lipinski definition) is 4. The maximum absolute atomic E-state index is 13.9. The number of nitrogens with zero attached hydrogens (tertiary/aromatic N) is 3. The summed E-state index contributed by atoms with van der Waals surface area (Å²) in [4.78, 5) is 0. The minimum Gasteiger partial charge on any atom is -0.390 e. The van der Waals surface area contributed by atoms with Gasteiger partial charge >= 0.3 is 6.18 Å². The average molecular weight is 493 g/mol. The average Bonchev–Trinajstić information content (AvgIpc) is 3.22. The predicted octanol–water partition coefficient (Wildman–Crippen LogP) is 5.93. The van der Waals surface area contributed by atoms with Crippen molar-refractivity contribution in [2.24, 2.45) is 0 Å². The van der Waals surface area contributed by atoms with Gasteiger partial charge in [-0.2, -0.15) is 18.3 Å². The molecule has 0 aliphatic carbocycles. The van der Waals surface area contributed by atoms with Crippen LogP contribution in [0, 0.1) is 0 Å². The van der Waals surface area contributed by atoms with Crippen molar-refractivity contribution in [2.45, 2.75) is 43.9 Å². The topological polar surface area (TPSA) is 64.1 Å². The van der Waals surface area contributed by atoms with E-state index in [1.807, 2.05) is 0 Å². The normalized spacial score (nSPS) is 12.6. The molecule has 2 aromatic heterocycles. The van der Waals surface area contributed by atoms with Gasteiger partial charge in [-0.15, -0.1) is 0 Å². The van der Waals surface area contributed by atoms with Crippen LogP contribution in [0.4, 0.5) is 13.2 Å². The molecule has 0 saturated heterocycles. The molecule has 3 aromatic rings. The number of hydrogen-bond donors (Lipinski definition) is 1. The SMILES string of the molecule is CC(C)(O)CCn1ncc(-c2onc(-c3ccccc3Cl)c2CBr)c1C(F)(F)F. The van der Waals surface area contributed by atoms with E-state index >= 15 is 0 Å². The zero-order chi connectivity index (χ0) is 21.4. The third kappa shape index (κ3) is 4.67. The van der Waals surface area contributed by atoms with Crippen LogP contribution in [0.25, 0.3) is 22.6 Å². The van der Waals surface area contributed by atoms with Gasteiger partial charge in [0.05, 0.1) is 22.4 Å². The third-order valence-corrected chi connectivity index (χ3v) is 5.23. The molecule has 0 unspecified atom stereocenters. The minimum absolute atomic E-state index is 0.0290. The molecule has 0 radical (unpaired) electrons. The zero-order valence-electron chi connectivity index (χ0n) is 15.6. The summed E-state index contributed by atoms with van der Waals surface area (Å²) in [5.74, 6) is -0.0290. The summed E-state index contributed by atoms with van der Waals surface area (Å²) in [5.41, 5.74) is -0.939. The van der Waals surface area contributed by atoms with E-state index in [0.29, 0.717) is 21.8 Å². The van der Waals surface area contributed by atoms with E-state index in [4.69, 9.17) is 16.1 Å². The van der Waals surface area contributed by atoms with Gasteiger partial charge in [0.25, 0.3) is 0 Å². The quantitative estimate of drug-likeness (QED) is 0.433. The number of benzene rings is 1. The van der Waals surface area contributed by atoms with Crippen LogP contribution in [0.15, 0.2) is 35.0 Å². The van der Waals surface area contributed by atoms with Gasteiger partial charge in [-0.05, 0) is 26.3 Å². The number of halogens is 5. The van der Waals surface area contributed by atoms with E-state index in [2.05, 4.69) is 26.2 Å². The largest absolute Gasteiger partial charge is 0.433 e. The molecular formula is C19H18BrClF3N3O2. The Balaban J connectivity index is 2.12. The van der Waals surface area contributed by atoms with Gasteiger partial charge in [0.15, 0.2) is 11.5 Å². The van der Waals surface area contributed by atoms with Crippen LogP contribution in [0.5, 0.6) is 0 Å². The van der Waals surface area contributed by atoms with E-state index in [9.17, 15) is 18.3 Å². The highest BCUT2D eigenvalue weighted by Gasteiger charge is 2.40. The number of rotatable bonds is 6. The van der Waals surface area contributed by atoms with Gasteiger partial charge < -0.3 is 9.63 Å². The van der Waals surface area contributed by atoms with Crippen LogP contribution in [-0.4, -0.2) is 25.6 Å². The van der Waals surface area contributed by atoms with Gasteiger partial charge in [-0.25, -0.2) is 0 Å². The first-order valence-electron chi connectivity index (χ1n) is 8.68. The monoisotopic (exact) mass is 491 g/mol. The Labute approximate surface area is 178 Å². The summed E-state index contributed by atoms with van der Waals surface area (Å²) in [7, 11) is 0. The number of aryl methyl sites for hydroxylation is 1. The Morgan fingerprint density at radius 2 is 1.90 bits per heavy atom. The summed E-state index contributed by atoms with van der Waals surface area (Å²) in [6.07, 6.45) is -3.47. The highest BCUT2D eigenvalue weighted by Crippen LogP contribution is 2.42. The molecule has 0 spiro atoms. The fourth-order valence-corrected chi connectivity index (χ4v) is 3.65. The van der Waals surface area contributed by atoms with Gasteiger partial charge in [0, 0.05) is 23.0 Å². The Bertz CT molecular complexity index is 1010. The standard InChI is InChI=1S/C19H18BrClF3N3O2/c1-18(2,28)7-8-27-17(19(22,23)24)13(10-25-27)16-12(9-20)15(26-29-16)11-5-3-4-6-14(11)21/h3-6,10,28H,7-9H2,1-2H3. The fraction of sp³-hybridized carbons (Fsp3) is 0.368. The van der Waals surface area contributed by atoms with Crippen LogP contribution in [0.3, 0.4) is 0 Å². The second-order valence-electron chi connectivity index (χ2n) is 7.14. The summed E-state index contributed by atoms with van der Waals surface area (Å²) < 4.78 is 47.7. The van der Waals surface area contributed by atoms with Crippen LogP contribution in [0.1, 0.15) is 31.5 Å². The van der Waals surface area contributed by atoms with Gasteiger partial charge in [-0.1, -0.05) is 50.9 Å². The maximum Gasteiger partial charge on any atom is 0.433 e. The lowest BCUT2D eigenvalue weighted by Crippen LogP contribution is -2.24. The van der Waals surface area contributed by atoms with Crippen LogP contribution in [-0.2, 0) is 18.1 Å². The van der Waals surface area contributed by atoms with E-state index in [1.165, 1.54) is 13.8 Å². The van der Waals surface area contributed by atoms with Crippen molar-refractivity contribution in [3.8, 4) is 22.6 Å². The lowest BCUT2D eigenvalue weighted by Gasteiger charge is -2.18. The maximum atomic E-state index is 13.9. The highest BCUT2D eigenvalue weighted by molar-refractivity contribution is 9.08. The molecule has 3 rings (SSSR count). The molecule has 0 atom stereocenters. The van der Waals surface area contributed by atoms with Crippen molar-refractivity contribution in [1.82, 2.24) is 14.9 Å². The van der Waals surface area contributed by atoms with E-state index in [-0.39, 0.29) is 29.6 Å². The van der Waals surface area contributed by atoms with Crippen LogP contribution >= 0.6 is 27.5 Å². The van der Waals surface area contributed by atoms with Gasteiger partial charge in [0.2, 0.25) is 0 Å². The lowest BCUT2D eigenvalue weighted by atomic mass is 10.0. The van der Waals surface area contributed by atoms with Crippen molar-refractivity contribution in [3.05, 3.63) is 46.7 Å². The van der Waals surface area contributed by atoms with Crippen molar-refractivity contribution in [1.29, 1.82) is 0 Å². The number of alkyl halides is 4. The molecule has 1 aromatic carbocycles. The fourth-order valence-electron chi connectivity index (χ4n) is 2.91. The molecule has 0 aliphatic rings. The second-order valence-corrected chi connectivity index (χ2v) is 8.11. The Morgan fingerprint density at radius 3 is 2.48 bits per heavy atom. The summed E-state index contributed by atoms with van der Waals surface area (Å²) in [6.45, 7) is 2.95.